The van der Waals surface area contributed by atoms with Gasteiger partial charge in [0, 0.05) is 25.7 Å². The lowest BCUT2D eigenvalue weighted by atomic mass is 9.99. The first-order chi connectivity index (χ1) is 11.4. The number of nitrogens with zero attached hydrogens (tertiary/aromatic N) is 2. The molecule has 0 aromatic rings. The molecule has 1 aliphatic heterocycles. The fourth-order valence-electron chi connectivity index (χ4n) is 4.08. The second-order valence-corrected chi connectivity index (χ2v) is 8.06. The molecule has 1 unspecified atom stereocenters. The van der Waals surface area contributed by atoms with Gasteiger partial charge in [-0.2, -0.15) is 4.83 Å². The van der Waals surface area contributed by atoms with E-state index >= 15 is 0 Å². The highest BCUT2D eigenvalue weighted by molar-refractivity contribution is 7.13. The fraction of sp³-hybridized carbons (Fsp3) is 1.00. The van der Waals surface area contributed by atoms with Gasteiger partial charge in [0.05, 0.1) is 6.61 Å². The normalized spacial score (nSPS) is 27.0. The molecule has 2 aliphatic rings. The van der Waals surface area contributed by atoms with Gasteiger partial charge in [-0.15, -0.1) is 0 Å². The molecule has 1 aliphatic carbocycles. The van der Waals surface area contributed by atoms with Gasteiger partial charge in [-0.1, -0.05) is 77.0 Å². The van der Waals surface area contributed by atoms with Gasteiger partial charge < -0.3 is 0 Å². The molecule has 0 aromatic heterocycles. The van der Waals surface area contributed by atoms with Gasteiger partial charge in [0.2, 0.25) is 0 Å². The fourth-order valence-corrected chi connectivity index (χ4v) is 4.30. The molecule has 1 saturated heterocycles. The standard InChI is InChI=1S/C19H39N2OP/c23-21-16-15-20(17-18-22-21)19-13-11-9-7-5-3-1-2-4-6-8-10-12-14-19/h19H,1-18,23H2. The Bertz CT molecular complexity index is 275. The molecule has 0 aromatic carbocycles. The Labute approximate surface area is 146 Å². The van der Waals surface area contributed by atoms with Crippen LogP contribution in [0.1, 0.15) is 89.9 Å². The zero-order valence-corrected chi connectivity index (χ0v) is 16.3. The second kappa shape index (κ2) is 12.6. The van der Waals surface area contributed by atoms with Crippen LogP contribution >= 0.6 is 9.39 Å². The summed E-state index contributed by atoms with van der Waals surface area (Å²) in [5.74, 6) is 0. The highest BCUT2D eigenvalue weighted by atomic mass is 31.0. The van der Waals surface area contributed by atoms with Crippen molar-refractivity contribution in [3.63, 3.8) is 0 Å². The maximum absolute atomic E-state index is 5.66. The molecule has 4 heteroatoms. The Morgan fingerprint density at radius 2 is 1.09 bits per heavy atom. The summed E-state index contributed by atoms with van der Waals surface area (Å²) in [6.45, 7) is 4.13. The lowest BCUT2D eigenvalue weighted by Crippen LogP contribution is -2.38. The molecule has 0 bridgehead atoms. The molecule has 0 amide bonds. The van der Waals surface area contributed by atoms with Crippen molar-refractivity contribution in [3.8, 4) is 0 Å². The average Bonchev–Trinajstić information content (AvgIpc) is 2.77. The van der Waals surface area contributed by atoms with Gasteiger partial charge in [-0.05, 0) is 22.2 Å². The Hall–Kier alpha value is 0.310. The predicted octanol–water partition coefficient (Wildman–Crippen LogP) is 5.17. The summed E-state index contributed by atoms with van der Waals surface area (Å²) in [6.07, 6.45) is 20.2. The van der Waals surface area contributed by atoms with E-state index in [0.29, 0.717) is 0 Å². The summed E-state index contributed by atoms with van der Waals surface area (Å²) in [4.78, 5) is 10.3. The third-order valence-corrected chi connectivity index (χ3v) is 5.99. The second-order valence-electron chi connectivity index (χ2n) is 7.48. The van der Waals surface area contributed by atoms with Crippen LogP contribution < -0.4 is 0 Å². The van der Waals surface area contributed by atoms with E-state index in [-0.39, 0.29) is 0 Å². The van der Waals surface area contributed by atoms with E-state index < -0.39 is 0 Å². The van der Waals surface area contributed by atoms with Gasteiger partial charge in [0.15, 0.2) is 0 Å². The third-order valence-electron chi connectivity index (χ3n) is 5.58. The highest BCUT2D eigenvalue weighted by Gasteiger charge is 2.21. The number of hydrogen-bond acceptors (Lipinski definition) is 3. The van der Waals surface area contributed by atoms with Crippen LogP contribution in [-0.2, 0) is 4.84 Å². The van der Waals surface area contributed by atoms with Crippen LogP contribution in [0.3, 0.4) is 0 Å². The third kappa shape index (κ3) is 8.82. The maximum Gasteiger partial charge on any atom is 0.0815 e. The van der Waals surface area contributed by atoms with Crippen molar-refractivity contribution in [2.75, 3.05) is 26.2 Å². The first kappa shape index (κ1) is 19.6. The summed E-state index contributed by atoms with van der Waals surface area (Å²) < 4.78 is 0. The number of hydroxylamine groups is 1. The Balaban J connectivity index is 1.78. The Kier molecular flexibility index (Phi) is 10.8. The smallest absolute Gasteiger partial charge is 0.0815 e. The summed E-state index contributed by atoms with van der Waals surface area (Å²) in [5.41, 5.74) is 0. The summed E-state index contributed by atoms with van der Waals surface area (Å²) in [6, 6.07) is 0.792. The molecule has 1 saturated carbocycles. The van der Waals surface area contributed by atoms with Crippen LogP contribution in [0.4, 0.5) is 0 Å². The van der Waals surface area contributed by atoms with Gasteiger partial charge >= 0.3 is 0 Å². The topological polar surface area (TPSA) is 15.7 Å². The average molecular weight is 343 g/mol. The molecule has 23 heavy (non-hydrogen) atoms. The molecule has 3 nitrogen and oxygen atoms in total. The monoisotopic (exact) mass is 342 g/mol. The van der Waals surface area contributed by atoms with Crippen LogP contribution in [0.2, 0.25) is 0 Å². The van der Waals surface area contributed by atoms with E-state index in [1.807, 2.05) is 4.83 Å². The lowest BCUT2D eigenvalue weighted by Gasteiger charge is -2.30. The first-order valence-corrected chi connectivity index (χ1v) is 10.8. The molecule has 1 atom stereocenters. The van der Waals surface area contributed by atoms with E-state index in [9.17, 15) is 0 Å². The first-order valence-electron chi connectivity index (χ1n) is 10.3. The van der Waals surface area contributed by atoms with Crippen LogP contribution in [0, 0.1) is 0 Å². The molecule has 0 spiro atoms. The van der Waals surface area contributed by atoms with E-state index in [1.54, 1.807) is 0 Å². The van der Waals surface area contributed by atoms with Crippen LogP contribution in [0.5, 0.6) is 0 Å². The molecular weight excluding hydrogens is 303 g/mol. The number of rotatable bonds is 1. The predicted molar refractivity (Wildman–Crippen MR) is 102 cm³/mol. The number of hydrogen-bond donors (Lipinski definition) is 0. The summed E-state index contributed by atoms with van der Waals surface area (Å²) in [5, 5.41) is 0. The van der Waals surface area contributed by atoms with E-state index in [0.717, 1.165) is 32.3 Å². The lowest BCUT2D eigenvalue weighted by molar-refractivity contribution is -0.0625. The van der Waals surface area contributed by atoms with Crippen LogP contribution in [0.15, 0.2) is 0 Å². The maximum atomic E-state index is 5.66. The molecule has 1 heterocycles. The van der Waals surface area contributed by atoms with Crippen molar-refractivity contribution in [3.05, 3.63) is 0 Å². The summed E-state index contributed by atoms with van der Waals surface area (Å²) >= 11 is 0. The largest absolute Gasteiger partial charge is 0.297 e. The van der Waals surface area contributed by atoms with Crippen molar-refractivity contribution in [1.82, 2.24) is 9.73 Å². The quantitative estimate of drug-likeness (QED) is 0.612. The van der Waals surface area contributed by atoms with Crippen LogP contribution in [0.25, 0.3) is 0 Å². The van der Waals surface area contributed by atoms with Gasteiger partial charge in [-0.3, -0.25) is 9.74 Å². The van der Waals surface area contributed by atoms with Crippen LogP contribution in [-0.4, -0.2) is 42.0 Å². The van der Waals surface area contributed by atoms with Crippen molar-refractivity contribution in [1.29, 1.82) is 0 Å². The molecule has 2 rings (SSSR count). The van der Waals surface area contributed by atoms with Crippen molar-refractivity contribution >= 4 is 9.39 Å². The molecule has 0 N–H and O–H groups in total. The molecule has 2 fully saturated rings. The van der Waals surface area contributed by atoms with Gasteiger partial charge in [-0.25, -0.2) is 0 Å². The van der Waals surface area contributed by atoms with Crippen molar-refractivity contribution < 1.29 is 4.84 Å². The highest BCUT2D eigenvalue weighted by Crippen LogP contribution is 2.21. The molecule has 0 radical (unpaired) electrons. The minimum Gasteiger partial charge on any atom is -0.297 e. The summed E-state index contributed by atoms with van der Waals surface area (Å²) in [7, 11) is 2.69. The Morgan fingerprint density at radius 3 is 1.61 bits per heavy atom. The van der Waals surface area contributed by atoms with E-state index in [1.165, 1.54) is 89.9 Å². The van der Waals surface area contributed by atoms with E-state index in [4.69, 9.17) is 4.84 Å². The van der Waals surface area contributed by atoms with Gasteiger partial charge in [0.25, 0.3) is 0 Å². The van der Waals surface area contributed by atoms with E-state index in [2.05, 4.69) is 14.3 Å². The van der Waals surface area contributed by atoms with Gasteiger partial charge in [0.1, 0.15) is 0 Å². The molecule has 136 valence electrons. The SMILES string of the molecule is PN1CCN(C2CCCCCCCCCCCCCC2)CCO1. The van der Waals surface area contributed by atoms with Crippen molar-refractivity contribution in [2.45, 2.75) is 95.9 Å². The Morgan fingerprint density at radius 1 is 0.609 bits per heavy atom. The zero-order chi connectivity index (χ0) is 16.2. The zero-order valence-electron chi connectivity index (χ0n) is 15.2. The minimum atomic E-state index is 0.792. The minimum absolute atomic E-state index is 0.792. The van der Waals surface area contributed by atoms with Crippen molar-refractivity contribution in [2.24, 2.45) is 0 Å². The molecular formula is C19H39N2OP.